The van der Waals surface area contributed by atoms with Gasteiger partial charge in [-0.15, -0.1) is 24.4 Å². The van der Waals surface area contributed by atoms with Crippen LogP contribution < -0.4 is 0 Å². The average molecular weight is 554 g/mol. The maximum Gasteiger partial charge on any atom is 0.144 e. The number of halogens is 2. The van der Waals surface area contributed by atoms with Crippen molar-refractivity contribution in [3.63, 3.8) is 0 Å². The van der Waals surface area contributed by atoms with Crippen molar-refractivity contribution in [1.82, 2.24) is 0 Å². The molecule has 0 bridgehead atoms. The second kappa shape index (κ2) is 77.7. The Balaban J connectivity index is -0.0000000266. The molecule has 0 aliphatic rings. The molecule has 0 rings (SSSR count). The van der Waals surface area contributed by atoms with Crippen molar-refractivity contribution in [1.29, 1.82) is 0 Å². The highest BCUT2D eigenvalue weighted by atomic mass is 79.9. The standard InChI is InChI=1S/C5H11Cl.C5H12O.C3H7Br.C2H6O2S.C2H6O2.C2H2.2CH4.B2/c2*1-2-3-4-5-6;1-2-3-4;1-5(2,3)4;3-1-2-4;1-2;;;1-2/h2-5H2,1H3;6H,2-5H2,1H3;2-3H2,1H3;1-2H3;3-4H,1-2H2;1-2H;2*1H4;. The first-order valence-electron chi connectivity index (χ1n) is 9.42. The molecule has 10 heteroatoms. The molecule has 0 saturated heterocycles. The Morgan fingerprint density at radius 2 is 1.03 bits per heavy atom. The van der Waals surface area contributed by atoms with Crippen molar-refractivity contribution in [2.75, 3.05) is 43.5 Å². The maximum atomic E-state index is 9.63. The Morgan fingerprint density at radius 1 is 0.774 bits per heavy atom. The van der Waals surface area contributed by atoms with Gasteiger partial charge in [0.1, 0.15) is 9.84 Å². The molecule has 0 atom stereocenters. The van der Waals surface area contributed by atoms with Crippen molar-refractivity contribution in [3.8, 4) is 12.8 Å². The lowest BCUT2D eigenvalue weighted by molar-refractivity contribution is 0.186. The average Bonchev–Trinajstić information content (AvgIpc) is 2.73. The highest BCUT2D eigenvalue weighted by Gasteiger charge is 1.79. The SMILES string of the molecule is C.C.C#C.CCCBr.CCCCCCl.CCCCCO.CS(C)(=O)=O.OCCO.[B][B]. The number of alkyl halides is 2. The number of rotatable bonds is 8. The number of unbranched alkanes of at least 4 members (excludes halogenated alkanes) is 4. The van der Waals surface area contributed by atoms with Crippen LogP contribution in [0.3, 0.4) is 0 Å². The highest BCUT2D eigenvalue weighted by molar-refractivity contribution is 9.09. The summed E-state index contributed by atoms with van der Waals surface area (Å²) in [6.07, 6.45) is 18.6. The second-order valence-electron chi connectivity index (χ2n) is 5.11. The normalized spacial score (nSPS) is 7.48. The van der Waals surface area contributed by atoms with Gasteiger partial charge in [-0.3, -0.25) is 0 Å². The zero-order valence-electron chi connectivity index (χ0n) is 19.1. The van der Waals surface area contributed by atoms with Crippen LogP contribution in [0.25, 0.3) is 0 Å². The molecule has 0 aliphatic carbocycles. The first-order chi connectivity index (χ1) is 13.7. The molecule has 0 heterocycles. The molecule has 5 nitrogen and oxygen atoms in total. The van der Waals surface area contributed by atoms with E-state index >= 15 is 0 Å². The van der Waals surface area contributed by atoms with E-state index in [1.807, 2.05) is 0 Å². The van der Waals surface area contributed by atoms with Gasteiger partial charge in [0.2, 0.25) is 0 Å². The molecule has 0 aromatic rings. The number of aliphatic hydroxyl groups is 3. The summed E-state index contributed by atoms with van der Waals surface area (Å²) in [5, 5.41) is 24.6. The van der Waals surface area contributed by atoms with Crippen LogP contribution >= 0.6 is 27.5 Å². The Hall–Kier alpha value is 0.290. The number of hydrogen-bond acceptors (Lipinski definition) is 5. The number of sulfone groups is 1. The lowest BCUT2D eigenvalue weighted by Gasteiger charge is -1.85. The van der Waals surface area contributed by atoms with Gasteiger partial charge in [-0.25, -0.2) is 8.42 Å². The third-order valence-corrected chi connectivity index (χ3v) is 2.85. The minimum absolute atomic E-state index is 0. The van der Waals surface area contributed by atoms with E-state index in [2.05, 4.69) is 65.0 Å². The first-order valence-corrected chi connectivity index (χ1v) is 13.4. The minimum Gasteiger partial charge on any atom is -0.396 e. The quantitative estimate of drug-likeness (QED) is 0.174. The Kier molecular flexibility index (Phi) is 145. The van der Waals surface area contributed by atoms with Gasteiger partial charge in [0.15, 0.2) is 0 Å². The summed E-state index contributed by atoms with van der Waals surface area (Å²) in [4.78, 5) is 0. The van der Waals surface area contributed by atoms with Gasteiger partial charge in [-0.2, -0.15) is 0 Å². The van der Waals surface area contributed by atoms with Crippen LogP contribution in [0.5, 0.6) is 0 Å². The summed E-state index contributed by atoms with van der Waals surface area (Å²) < 4.78 is 19.3. The van der Waals surface area contributed by atoms with Gasteiger partial charge in [-0.1, -0.05) is 77.2 Å². The zero-order valence-corrected chi connectivity index (χ0v) is 22.3. The van der Waals surface area contributed by atoms with Gasteiger partial charge in [-0.05, 0) is 19.3 Å². The molecule has 4 radical (unpaired) electrons. The van der Waals surface area contributed by atoms with Crippen molar-refractivity contribution in [2.24, 2.45) is 0 Å². The molecule has 0 spiro atoms. The molecule has 0 amide bonds. The second-order valence-corrected chi connectivity index (χ2v) is 8.56. The molecular formula is C21H52B2BrClO5S. The first kappa shape index (κ1) is 57.8. The number of aliphatic hydroxyl groups excluding tert-OH is 3. The third-order valence-electron chi connectivity index (χ3n) is 1.79. The minimum atomic E-state index is -2.67. The van der Waals surface area contributed by atoms with E-state index in [0.29, 0.717) is 6.61 Å². The topological polar surface area (TPSA) is 94.8 Å². The molecule has 3 N–H and O–H groups in total. The Morgan fingerprint density at radius 3 is 1.10 bits per heavy atom. The van der Waals surface area contributed by atoms with Crippen LogP contribution in [-0.2, 0) is 9.84 Å². The van der Waals surface area contributed by atoms with Crippen LogP contribution in [0.4, 0.5) is 0 Å². The molecule has 0 aromatic carbocycles. The van der Waals surface area contributed by atoms with Gasteiger partial charge < -0.3 is 15.3 Å². The molecule has 0 unspecified atom stereocenters. The van der Waals surface area contributed by atoms with Crippen molar-refractivity contribution >= 4 is 52.8 Å². The lowest BCUT2D eigenvalue weighted by atomic mass is 9.81. The van der Waals surface area contributed by atoms with Crippen molar-refractivity contribution in [2.45, 2.75) is 80.6 Å². The summed E-state index contributed by atoms with van der Waals surface area (Å²) in [6, 6.07) is 0. The van der Waals surface area contributed by atoms with E-state index in [1.165, 1.54) is 32.1 Å². The molecule has 0 aromatic heterocycles. The Bertz CT molecular complexity index is 279. The summed E-state index contributed by atoms with van der Waals surface area (Å²) in [5.74, 6) is 0.827. The summed E-state index contributed by atoms with van der Waals surface area (Å²) in [6.45, 7) is 6.53. The fourth-order valence-electron chi connectivity index (χ4n) is 0.706. The predicted octanol–water partition coefficient (Wildman–Crippen LogP) is 4.77. The molecular weight excluding hydrogens is 501 g/mol. The monoisotopic (exact) mass is 552 g/mol. The van der Waals surface area contributed by atoms with Crippen LogP contribution in [0.15, 0.2) is 0 Å². The lowest BCUT2D eigenvalue weighted by Crippen LogP contribution is -1.86. The van der Waals surface area contributed by atoms with E-state index in [0.717, 1.165) is 36.6 Å². The smallest absolute Gasteiger partial charge is 0.144 e. The summed E-state index contributed by atoms with van der Waals surface area (Å²) in [5.41, 5.74) is 0. The fraction of sp³-hybridized carbons (Fsp3) is 0.905. The number of terminal acetylenes is 1. The van der Waals surface area contributed by atoms with Crippen molar-refractivity contribution < 1.29 is 23.7 Å². The van der Waals surface area contributed by atoms with Gasteiger partial charge in [0, 0.05) is 45.8 Å². The molecule has 31 heavy (non-hydrogen) atoms. The van der Waals surface area contributed by atoms with Gasteiger partial charge in [0.25, 0.3) is 0 Å². The highest BCUT2D eigenvalue weighted by Crippen LogP contribution is 1.93. The van der Waals surface area contributed by atoms with Crippen LogP contribution in [0, 0.1) is 12.8 Å². The van der Waals surface area contributed by atoms with Gasteiger partial charge >= 0.3 is 0 Å². The molecule has 0 fully saturated rings. The van der Waals surface area contributed by atoms with Crippen LogP contribution in [0.1, 0.15) is 80.6 Å². The zero-order chi connectivity index (χ0) is 25.0. The van der Waals surface area contributed by atoms with Crippen molar-refractivity contribution in [3.05, 3.63) is 0 Å². The summed E-state index contributed by atoms with van der Waals surface area (Å²) in [7, 11) is 5.33. The van der Waals surface area contributed by atoms with E-state index in [-0.39, 0.29) is 28.1 Å². The molecule has 192 valence electrons. The largest absolute Gasteiger partial charge is 0.396 e. The Labute approximate surface area is 213 Å². The molecule has 0 aliphatic heterocycles. The van der Waals surface area contributed by atoms with Crippen LogP contribution in [0.2, 0.25) is 0 Å². The van der Waals surface area contributed by atoms with E-state index < -0.39 is 9.84 Å². The van der Waals surface area contributed by atoms with Crippen LogP contribution in [-0.4, -0.2) is 82.8 Å². The predicted molar refractivity (Wildman–Crippen MR) is 151 cm³/mol. The third kappa shape index (κ3) is 353. The van der Waals surface area contributed by atoms with Gasteiger partial charge in [0.05, 0.1) is 13.2 Å². The summed E-state index contributed by atoms with van der Waals surface area (Å²) >= 11 is 8.63. The van der Waals surface area contributed by atoms with E-state index in [1.54, 1.807) is 0 Å². The van der Waals surface area contributed by atoms with E-state index in [4.69, 9.17) is 26.9 Å². The number of hydrogen-bond donors (Lipinski definition) is 3. The molecule has 0 saturated carbocycles. The fourth-order valence-corrected chi connectivity index (χ4v) is 0.895. The maximum absolute atomic E-state index is 9.63. The van der Waals surface area contributed by atoms with E-state index in [9.17, 15) is 8.42 Å².